The van der Waals surface area contributed by atoms with E-state index in [2.05, 4.69) is 10.2 Å². The first kappa shape index (κ1) is 18.7. The molecule has 7 nitrogen and oxygen atoms in total. The van der Waals surface area contributed by atoms with Crippen LogP contribution in [-0.4, -0.2) is 78.4 Å². The number of nitrogens with one attached hydrogen (secondary N) is 1. The average Bonchev–Trinajstić information content (AvgIpc) is 2.37. The molecule has 7 heteroatoms. The minimum absolute atomic E-state index is 0.178. The van der Waals surface area contributed by atoms with Crippen LogP contribution in [0.3, 0.4) is 0 Å². The number of ether oxygens (including phenoxy) is 1. The quantitative estimate of drug-likeness (QED) is 0.712. The third kappa shape index (κ3) is 7.09. The van der Waals surface area contributed by atoms with Gasteiger partial charge in [-0.25, -0.2) is 4.79 Å². The molecule has 0 aromatic carbocycles. The Morgan fingerprint density at radius 2 is 2.00 bits per heavy atom. The number of nitrogens with zero attached hydrogens (tertiary/aromatic N) is 2. The van der Waals surface area contributed by atoms with Crippen molar-refractivity contribution < 1.29 is 19.4 Å². The molecule has 1 fully saturated rings. The summed E-state index contributed by atoms with van der Waals surface area (Å²) in [6.07, 6.45) is 0.524. The summed E-state index contributed by atoms with van der Waals surface area (Å²) in [6, 6.07) is 0.214. The van der Waals surface area contributed by atoms with Crippen molar-refractivity contribution in [1.29, 1.82) is 0 Å². The summed E-state index contributed by atoms with van der Waals surface area (Å²) < 4.78 is 5.41. The standard InChI is InChI=1S/C15H29N3O4/c1-15(2,3)22-14(21)18-9-8-17(4)12(11-18)10-16-7-5-6-13(19)20/h12,16H,5-11H2,1-4H3,(H,19,20)/t12-/m1/s1. The number of carbonyl (C=O) groups is 2. The first-order valence-corrected chi connectivity index (χ1v) is 7.79. The first-order valence-electron chi connectivity index (χ1n) is 7.79. The van der Waals surface area contributed by atoms with E-state index in [-0.39, 0.29) is 18.6 Å². The van der Waals surface area contributed by atoms with E-state index in [1.165, 1.54) is 0 Å². The van der Waals surface area contributed by atoms with Crippen LogP contribution in [0, 0.1) is 0 Å². The number of aliphatic carboxylic acids is 1. The van der Waals surface area contributed by atoms with Gasteiger partial charge in [0.15, 0.2) is 0 Å². The fourth-order valence-electron chi connectivity index (χ4n) is 2.29. The molecule has 1 saturated heterocycles. The van der Waals surface area contributed by atoms with Gasteiger partial charge in [0.1, 0.15) is 5.60 Å². The van der Waals surface area contributed by atoms with Crippen LogP contribution in [0.1, 0.15) is 33.6 Å². The zero-order valence-electron chi connectivity index (χ0n) is 14.1. The maximum absolute atomic E-state index is 12.1. The van der Waals surface area contributed by atoms with E-state index < -0.39 is 11.6 Å². The average molecular weight is 315 g/mol. The third-order valence-electron chi connectivity index (χ3n) is 3.55. The molecule has 0 unspecified atom stereocenters. The van der Waals surface area contributed by atoms with Gasteiger partial charge in [-0.15, -0.1) is 0 Å². The lowest BCUT2D eigenvalue weighted by atomic mass is 10.1. The second kappa shape index (κ2) is 8.33. The zero-order valence-corrected chi connectivity index (χ0v) is 14.1. The van der Waals surface area contributed by atoms with Gasteiger partial charge in [0.2, 0.25) is 0 Å². The molecule has 0 saturated carbocycles. The second-order valence-electron chi connectivity index (χ2n) is 6.76. The van der Waals surface area contributed by atoms with Crippen molar-refractivity contribution in [3.63, 3.8) is 0 Å². The molecule has 0 aromatic rings. The lowest BCUT2D eigenvalue weighted by Crippen LogP contribution is -2.57. The molecule has 22 heavy (non-hydrogen) atoms. The zero-order chi connectivity index (χ0) is 16.8. The molecule has 0 aliphatic carbocycles. The van der Waals surface area contributed by atoms with Crippen LogP contribution in [0.4, 0.5) is 4.79 Å². The van der Waals surface area contributed by atoms with Crippen LogP contribution >= 0.6 is 0 Å². The SMILES string of the molecule is CN1CCN(C(=O)OC(C)(C)C)C[C@H]1CNCCCC(=O)O. The Labute approximate surface area is 132 Å². The molecule has 1 atom stereocenters. The predicted octanol–water partition coefficient (Wildman–Crippen LogP) is 0.992. The van der Waals surface area contributed by atoms with Gasteiger partial charge in [0, 0.05) is 38.6 Å². The van der Waals surface area contributed by atoms with Gasteiger partial charge in [-0.05, 0) is 40.8 Å². The summed E-state index contributed by atoms with van der Waals surface area (Å²) in [4.78, 5) is 26.5. The topological polar surface area (TPSA) is 82.1 Å². The summed E-state index contributed by atoms with van der Waals surface area (Å²) in [6.45, 7) is 9.09. The molecule has 1 rings (SSSR count). The van der Waals surface area contributed by atoms with Gasteiger partial charge in [-0.2, -0.15) is 0 Å². The summed E-state index contributed by atoms with van der Waals surface area (Å²) in [5.74, 6) is -0.771. The number of carboxylic acid groups (broad SMARTS) is 1. The Morgan fingerprint density at radius 3 is 2.59 bits per heavy atom. The minimum Gasteiger partial charge on any atom is -0.481 e. The summed E-state index contributed by atoms with van der Waals surface area (Å²) in [7, 11) is 2.04. The number of carbonyl (C=O) groups excluding carboxylic acids is 1. The summed E-state index contributed by atoms with van der Waals surface area (Å²) in [5.41, 5.74) is -0.481. The van der Waals surface area contributed by atoms with Crippen molar-refractivity contribution in [2.24, 2.45) is 0 Å². The number of likely N-dealkylation sites (N-methyl/N-ethyl adjacent to an activating group) is 1. The van der Waals surface area contributed by atoms with Gasteiger partial charge in [-0.3, -0.25) is 9.69 Å². The number of hydrogen-bond acceptors (Lipinski definition) is 5. The highest BCUT2D eigenvalue weighted by atomic mass is 16.6. The summed E-state index contributed by atoms with van der Waals surface area (Å²) in [5, 5.41) is 11.9. The normalized spacial score (nSPS) is 20.0. The maximum Gasteiger partial charge on any atom is 0.410 e. The molecule has 1 amide bonds. The number of amides is 1. The largest absolute Gasteiger partial charge is 0.481 e. The molecule has 0 spiro atoms. The molecule has 0 bridgehead atoms. The van der Waals surface area contributed by atoms with Crippen molar-refractivity contribution in [3.05, 3.63) is 0 Å². The van der Waals surface area contributed by atoms with Gasteiger partial charge < -0.3 is 20.1 Å². The van der Waals surface area contributed by atoms with E-state index in [9.17, 15) is 9.59 Å². The molecular formula is C15H29N3O4. The van der Waals surface area contributed by atoms with Crippen molar-refractivity contribution in [2.45, 2.75) is 45.3 Å². The number of carboxylic acids is 1. The molecule has 2 N–H and O–H groups in total. The van der Waals surface area contributed by atoms with Crippen molar-refractivity contribution in [3.8, 4) is 0 Å². The van der Waals surface area contributed by atoms with Gasteiger partial charge >= 0.3 is 12.1 Å². The van der Waals surface area contributed by atoms with E-state index in [0.717, 1.165) is 13.1 Å². The van der Waals surface area contributed by atoms with E-state index in [1.807, 2.05) is 27.8 Å². The van der Waals surface area contributed by atoms with Gasteiger partial charge in [-0.1, -0.05) is 0 Å². The highest BCUT2D eigenvalue weighted by molar-refractivity contribution is 5.68. The Hall–Kier alpha value is -1.34. The lowest BCUT2D eigenvalue weighted by molar-refractivity contribution is -0.137. The Morgan fingerprint density at radius 1 is 1.32 bits per heavy atom. The Balaban J connectivity index is 2.36. The molecule has 128 valence electrons. The van der Waals surface area contributed by atoms with E-state index in [4.69, 9.17) is 9.84 Å². The Bertz CT molecular complexity index is 381. The molecule has 1 aliphatic rings. The number of hydrogen-bond donors (Lipinski definition) is 2. The molecule has 0 aromatic heterocycles. The maximum atomic E-state index is 12.1. The smallest absolute Gasteiger partial charge is 0.410 e. The fourth-order valence-corrected chi connectivity index (χ4v) is 2.29. The molecule has 0 radical (unpaired) electrons. The third-order valence-corrected chi connectivity index (χ3v) is 3.55. The van der Waals surface area contributed by atoms with Crippen LogP contribution in [0.5, 0.6) is 0 Å². The van der Waals surface area contributed by atoms with Crippen molar-refractivity contribution >= 4 is 12.1 Å². The van der Waals surface area contributed by atoms with Crippen LogP contribution in [0.15, 0.2) is 0 Å². The first-order chi connectivity index (χ1) is 10.2. The monoisotopic (exact) mass is 315 g/mol. The molecular weight excluding hydrogens is 286 g/mol. The van der Waals surface area contributed by atoms with E-state index >= 15 is 0 Å². The van der Waals surface area contributed by atoms with Crippen molar-refractivity contribution in [1.82, 2.24) is 15.1 Å². The van der Waals surface area contributed by atoms with Gasteiger partial charge in [0.25, 0.3) is 0 Å². The predicted molar refractivity (Wildman–Crippen MR) is 84.0 cm³/mol. The van der Waals surface area contributed by atoms with Crippen molar-refractivity contribution in [2.75, 3.05) is 39.8 Å². The van der Waals surface area contributed by atoms with Crippen LogP contribution in [0.25, 0.3) is 0 Å². The minimum atomic E-state index is -0.771. The van der Waals surface area contributed by atoms with Gasteiger partial charge in [0.05, 0.1) is 0 Å². The van der Waals surface area contributed by atoms with E-state index in [1.54, 1.807) is 4.90 Å². The Kier molecular flexibility index (Phi) is 7.09. The highest BCUT2D eigenvalue weighted by Crippen LogP contribution is 2.13. The molecule has 1 aliphatic heterocycles. The summed E-state index contributed by atoms with van der Waals surface area (Å²) >= 11 is 0. The number of piperazine rings is 1. The van der Waals surface area contributed by atoms with Crippen LogP contribution < -0.4 is 5.32 Å². The molecule has 1 heterocycles. The van der Waals surface area contributed by atoms with Crippen LogP contribution in [-0.2, 0) is 9.53 Å². The van der Waals surface area contributed by atoms with Crippen LogP contribution in [0.2, 0.25) is 0 Å². The fraction of sp³-hybridized carbons (Fsp3) is 0.867. The van der Waals surface area contributed by atoms with E-state index in [0.29, 0.717) is 26.1 Å². The lowest BCUT2D eigenvalue weighted by Gasteiger charge is -2.39. The number of rotatable bonds is 6. The second-order valence-corrected chi connectivity index (χ2v) is 6.76. The highest BCUT2D eigenvalue weighted by Gasteiger charge is 2.29.